The number of carbonyl (C=O) groups is 1. The van der Waals surface area contributed by atoms with Gasteiger partial charge < -0.3 is 15.2 Å². The molecular formula is C14H9ClN2O3. The van der Waals surface area contributed by atoms with Gasteiger partial charge in [0.25, 0.3) is 0 Å². The van der Waals surface area contributed by atoms with Crippen LogP contribution in [0.2, 0.25) is 5.02 Å². The van der Waals surface area contributed by atoms with Crippen molar-refractivity contribution < 1.29 is 14.3 Å². The summed E-state index contributed by atoms with van der Waals surface area (Å²) in [7, 11) is 0. The molecule has 2 N–H and O–H groups in total. The van der Waals surface area contributed by atoms with Crippen molar-refractivity contribution in [2.45, 2.75) is 5.92 Å². The highest BCUT2D eigenvalue weighted by atomic mass is 35.5. The molecule has 0 aromatic heterocycles. The number of rotatable bonds is 1. The molecule has 0 bridgehead atoms. The number of allylic oxidation sites excluding steroid dienone is 1. The van der Waals surface area contributed by atoms with Gasteiger partial charge >= 0.3 is 5.97 Å². The van der Waals surface area contributed by atoms with Crippen LogP contribution in [0.15, 0.2) is 47.1 Å². The second-order valence-corrected chi connectivity index (χ2v) is 4.83. The predicted molar refractivity (Wildman–Crippen MR) is 70.1 cm³/mol. The molecule has 1 aromatic carbocycles. The van der Waals surface area contributed by atoms with Crippen molar-refractivity contribution in [1.82, 2.24) is 0 Å². The van der Waals surface area contributed by atoms with Gasteiger partial charge in [-0.3, -0.25) is 0 Å². The van der Waals surface area contributed by atoms with Gasteiger partial charge in [-0.1, -0.05) is 23.7 Å². The molecule has 3 rings (SSSR count). The largest absolute Gasteiger partial charge is 0.454 e. The summed E-state index contributed by atoms with van der Waals surface area (Å²) in [6.07, 6.45) is 0. The lowest BCUT2D eigenvalue weighted by Crippen LogP contribution is -2.21. The number of nitriles is 1. The molecular weight excluding hydrogens is 280 g/mol. The van der Waals surface area contributed by atoms with Crippen molar-refractivity contribution in [3.63, 3.8) is 0 Å². The van der Waals surface area contributed by atoms with Gasteiger partial charge in [0.1, 0.15) is 18.2 Å². The Balaban J connectivity index is 2.19. The Hall–Kier alpha value is -2.45. The van der Waals surface area contributed by atoms with Crippen LogP contribution >= 0.6 is 11.6 Å². The van der Waals surface area contributed by atoms with E-state index < -0.39 is 11.9 Å². The minimum absolute atomic E-state index is 0.00507. The van der Waals surface area contributed by atoms with E-state index in [0.29, 0.717) is 21.9 Å². The number of hydrogen-bond acceptors (Lipinski definition) is 5. The van der Waals surface area contributed by atoms with Crippen LogP contribution < -0.4 is 5.73 Å². The standard InChI is InChI=1S/C14H9ClN2O3/c15-8-3-1-2-7(4-8)11-9(5-16)13(17)20-10-6-19-14(18)12(10)11/h1-4,11H,6,17H2/t11-/m0/s1. The third-order valence-corrected chi connectivity index (χ3v) is 3.47. The first kappa shape index (κ1) is 12.6. The van der Waals surface area contributed by atoms with Gasteiger partial charge in [-0.2, -0.15) is 5.26 Å². The lowest BCUT2D eigenvalue weighted by molar-refractivity contribution is -0.136. The summed E-state index contributed by atoms with van der Waals surface area (Å²) >= 11 is 5.98. The van der Waals surface area contributed by atoms with E-state index in [1.165, 1.54) is 0 Å². The van der Waals surface area contributed by atoms with Crippen LogP contribution in [0.4, 0.5) is 0 Å². The fourth-order valence-electron chi connectivity index (χ4n) is 2.38. The molecule has 2 heterocycles. The Morgan fingerprint density at radius 1 is 1.45 bits per heavy atom. The van der Waals surface area contributed by atoms with Crippen molar-refractivity contribution in [2.75, 3.05) is 6.61 Å². The van der Waals surface area contributed by atoms with E-state index in [9.17, 15) is 10.1 Å². The number of nitrogens with zero attached hydrogens (tertiary/aromatic N) is 1. The molecule has 2 aliphatic heterocycles. The van der Waals surface area contributed by atoms with Gasteiger partial charge in [0.2, 0.25) is 5.88 Å². The van der Waals surface area contributed by atoms with Gasteiger partial charge in [0.15, 0.2) is 5.76 Å². The van der Waals surface area contributed by atoms with Gasteiger partial charge in [-0.15, -0.1) is 0 Å². The maximum atomic E-state index is 11.9. The number of ether oxygens (including phenoxy) is 2. The molecule has 20 heavy (non-hydrogen) atoms. The molecule has 6 heteroatoms. The van der Waals surface area contributed by atoms with Crippen LogP contribution in [0.1, 0.15) is 11.5 Å². The number of hydrogen-bond donors (Lipinski definition) is 1. The van der Waals surface area contributed by atoms with Crippen LogP contribution in [-0.2, 0) is 14.3 Å². The average Bonchev–Trinajstić information content (AvgIpc) is 2.78. The van der Waals surface area contributed by atoms with Crippen molar-refractivity contribution in [3.8, 4) is 6.07 Å². The van der Waals surface area contributed by atoms with Crippen molar-refractivity contribution >= 4 is 17.6 Å². The summed E-state index contributed by atoms with van der Waals surface area (Å²) in [5.74, 6) is -0.742. The second kappa shape index (κ2) is 4.58. The molecule has 2 aliphatic rings. The summed E-state index contributed by atoms with van der Waals surface area (Å²) < 4.78 is 10.3. The van der Waals surface area contributed by atoms with E-state index >= 15 is 0 Å². The smallest absolute Gasteiger partial charge is 0.339 e. The molecule has 0 unspecified atom stereocenters. The molecule has 0 amide bonds. The van der Waals surface area contributed by atoms with Crippen LogP contribution in [0.5, 0.6) is 0 Å². The lowest BCUT2D eigenvalue weighted by Gasteiger charge is -2.23. The fourth-order valence-corrected chi connectivity index (χ4v) is 2.58. The highest BCUT2D eigenvalue weighted by Crippen LogP contribution is 2.42. The average molecular weight is 289 g/mol. The molecule has 1 atom stereocenters. The van der Waals surface area contributed by atoms with Crippen molar-refractivity contribution in [2.24, 2.45) is 5.73 Å². The fraction of sp³-hybridized carbons (Fsp3) is 0.143. The van der Waals surface area contributed by atoms with E-state index in [1.807, 2.05) is 6.07 Å². The summed E-state index contributed by atoms with van der Waals surface area (Å²) in [5, 5.41) is 9.81. The Morgan fingerprint density at radius 2 is 2.25 bits per heavy atom. The summed E-state index contributed by atoms with van der Waals surface area (Å²) in [4.78, 5) is 11.9. The number of halogens is 1. The molecule has 0 saturated carbocycles. The molecule has 0 radical (unpaired) electrons. The predicted octanol–water partition coefficient (Wildman–Crippen LogP) is 1.96. The normalized spacial score (nSPS) is 21.2. The van der Waals surface area contributed by atoms with Gasteiger partial charge in [0.05, 0.1) is 11.5 Å². The summed E-state index contributed by atoms with van der Waals surface area (Å²) in [6.45, 7) is 0.0324. The molecule has 5 nitrogen and oxygen atoms in total. The summed E-state index contributed by atoms with van der Waals surface area (Å²) in [6, 6.07) is 8.94. The first-order chi connectivity index (χ1) is 9.61. The zero-order chi connectivity index (χ0) is 14.3. The topological polar surface area (TPSA) is 85.3 Å². The second-order valence-electron chi connectivity index (χ2n) is 4.39. The first-order valence-corrected chi connectivity index (χ1v) is 6.23. The quantitative estimate of drug-likeness (QED) is 0.798. The Morgan fingerprint density at radius 3 is 2.95 bits per heavy atom. The van der Waals surface area contributed by atoms with Crippen LogP contribution in [0.3, 0.4) is 0 Å². The molecule has 1 aromatic rings. The third-order valence-electron chi connectivity index (χ3n) is 3.23. The first-order valence-electron chi connectivity index (χ1n) is 5.85. The number of cyclic esters (lactones) is 1. The van der Waals surface area contributed by atoms with E-state index in [4.69, 9.17) is 26.8 Å². The zero-order valence-corrected chi connectivity index (χ0v) is 11.0. The van der Waals surface area contributed by atoms with Crippen LogP contribution in [0.25, 0.3) is 0 Å². The van der Waals surface area contributed by atoms with Gasteiger partial charge in [-0.05, 0) is 17.7 Å². The molecule has 0 aliphatic carbocycles. The van der Waals surface area contributed by atoms with E-state index in [-0.39, 0.29) is 18.1 Å². The minimum atomic E-state index is -0.600. The summed E-state index contributed by atoms with van der Waals surface area (Å²) in [5.41, 5.74) is 6.96. The van der Waals surface area contributed by atoms with E-state index in [2.05, 4.69) is 0 Å². The van der Waals surface area contributed by atoms with E-state index in [0.717, 1.165) is 0 Å². The van der Waals surface area contributed by atoms with E-state index in [1.54, 1.807) is 24.3 Å². The van der Waals surface area contributed by atoms with Crippen molar-refractivity contribution in [1.29, 1.82) is 5.26 Å². The van der Waals surface area contributed by atoms with Crippen LogP contribution in [0, 0.1) is 11.3 Å². The number of benzene rings is 1. The molecule has 100 valence electrons. The lowest BCUT2D eigenvalue weighted by atomic mass is 9.83. The Labute approximate surface area is 119 Å². The number of nitrogens with two attached hydrogens (primary N) is 1. The Bertz CT molecular complexity index is 715. The zero-order valence-electron chi connectivity index (χ0n) is 10.2. The van der Waals surface area contributed by atoms with Crippen molar-refractivity contribution in [3.05, 3.63) is 57.6 Å². The van der Waals surface area contributed by atoms with Crippen LogP contribution in [-0.4, -0.2) is 12.6 Å². The molecule has 0 fully saturated rings. The SMILES string of the molecule is N#CC1=C(N)OC2=C(C(=O)OC2)[C@H]1c1cccc(Cl)c1. The monoisotopic (exact) mass is 288 g/mol. The van der Waals surface area contributed by atoms with Gasteiger partial charge in [-0.25, -0.2) is 4.79 Å². The highest BCUT2D eigenvalue weighted by molar-refractivity contribution is 6.30. The maximum absolute atomic E-state index is 11.9. The maximum Gasteiger partial charge on any atom is 0.339 e. The molecule has 0 saturated heterocycles. The minimum Gasteiger partial charge on any atom is -0.454 e. The van der Waals surface area contributed by atoms with Gasteiger partial charge in [0, 0.05) is 5.02 Å². The number of carbonyl (C=O) groups excluding carboxylic acids is 1. The Kier molecular flexibility index (Phi) is 2.88. The molecule has 0 spiro atoms. The third kappa shape index (κ3) is 1.82. The number of esters is 1. The highest BCUT2D eigenvalue weighted by Gasteiger charge is 2.41.